The molecule has 104 valence electrons. The van der Waals surface area contributed by atoms with Crippen LogP contribution in [0.15, 0.2) is 40.4 Å². The largest absolute Gasteiger partial charge is 0.369 e. The van der Waals surface area contributed by atoms with Crippen molar-refractivity contribution >= 4 is 11.7 Å². The minimum atomic E-state index is -2.70. The average molecular weight is 269 g/mol. The van der Waals surface area contributed by atoms with Crippen molar-refractivity contribution in [1.29, 1.82) is 0 Å². The van der Waals surface area contributed by atoms with Gasteiger partial charge in [0.2, 0.25) is 5.96 Å². The molecule has 1 aromatic carbocycles. The number of alkyl halides is 2. The van der Waals surface area contributed by atoms with Crippen LogP contribution in [0, 0.1) is 0 Å². The Hall–Kier alpha value is -2.02. The van der Waals surface area contributed by atoms with Gasteiger partial charge in [-0.1, -0.05) is 30.3 Å². The number of nitrogens with zero attached hydrogens (tertiary/aromatic N) is 2. The van der Waals surface area contributed by atoms with Crippen LogP contribution in [0.5, 0.6) is 0 Å². The van der Waals surface area contributed by atoms with Gasteiger partial charge in [-0.25, -0.2) is 14.2 Å². The Morgan fingerprint density at radius 3 is 2.53 bits per heavy atom. The fourth-order valence-electron chi connectivity index (χ4n) is 1.29. The second kappa shape index (κ2) is 8.15. The molecule has 0 aromatic heterocycles. The molecule has 19 heavy (non-hydrogen) atoms. The fraction of sp³-hybridized carbons (Fsp3) is 0.333. The van der Waals surface area contributed by atoms with Crippen molar-refractivity contribution in [2.45, 2.75) is 12.8 Å². The smallest absolute Gasteiger partial charge is 0.282 e. The molecule has 5 N–H and O–H groups in total. The van der Waals surface area contributed by atoms with Crippen molar-refractivity contribution in [2.75, 3.05) is 13.1 Å². The van der Waals surface area contributed by atoms with Gasteiger partial charge in [-0.15, -0.1) is 0 Å². The Labute approximate surface area is 110 Å². The van der Waals surface area contributed by atoms with E-state index in [-0.39, 0.29) is 11.7 Å². The molecule has 0 atom stereocenters. The molecule has 5 nitrogen and oxygen atoms in total. The number of halogens is 2. The maximum absolute atomic E-state index is 12.9. The number of hydrogen-bond donors (Lipinski definition) is 3. The van der Waals surface area contributed by atoms with Crippen LogP contribution in [0.2, 0.25) is 0 Å². The summed E-state index contributed by atoms with van der Waals surface area (Å²) in [6.45, 7) is 0.923. The molecule has 0 saturated carbocycles. The Morgan fingerprint density at radius 1 is 1.26 bits per heavy atom. The van der Waals surface area contributed by atoms with Gasteiger partial charge in [-0.3, -0.25) is 4.99 Å². The van der Waals surface area contributed by atoms with E-state index in [9.17, 15) is 8.78 Å². The second-order valence-electron chi connectivity index (χ2n) is 3.68. The standard InChI is InChI=1S/C12H17F2N5/c13-11(14)10(9-5-2-1-3-6-9)18-19-12(16)17-8-4-7-15/h1-3,5-6,11H,4,7-8,15H2,(H3,16,17,19)/b18-10-. The highest BCUT2D eigenvalue weighted by Gasteiger charge is 2.15. The lowest BCUT2D eigenvalue weighted by molar-refractivity contribution is 0.225. The summed E-state index contributed by atoms with van der Waals surface area (Å²) >= 11 is 0. The summed E-state index contributed by atoms with van der Waals surface area (Å²) in [5, 5.41) is 3.60. The van der Waals surface area contributed by atoms with Gasteiger partial charge in [0.1, 0.15) is 5.71 Å². The molecule has 0 unspecified atom stereocenters. The first-order valence-electron chi connectivity index (χ1n) is 5.82. The van der Waals surface area contributed by atoms with Crippen LogP contribution in [0.3, 0.4) is 0 Å². The first-order chi connectivity index (χ1) is 9.15. The summed E-state index contributed by atoms with van der Waals surface area (Å²) in [5.74, 6) is -0.0115. The number of guanidine groups is 1. The zero-order valence-corrected chi connectivity index (χ0v) is 10.4. The molecule has 0 spiro atoms. The normalized spacial score (nSPS) is 12.8. The minimum absolute atomic E-state index is 0.0115. The molecule has 7 heteroatoms. The Bertz CT molecular complexity index is 431. The van der Waals surface area contributed by atoms with Crippen molar-refractivity contribution in [2.24, 2.45) is 21.6 Å². The zero-order valence-electron chi connectivity index (χ0n) is 10.4. The quantitative estimate of drug-likeness (QED) is 0.310. The number of benzene rings is 1. The predicted molar refractivity (Wildman–Crippen MR) is 72.3 cm³/mol. The molecule has 0 saturated heterocycles. The van der Waals surface area contributed by atoms with Crippen molar-refractivity contribution in [3.63, 3.8) is 0 Å². The van der Waals surface area contributed by atoms with Crippen molar-refractivity contribution in [3.8, 4) is 0 Å². The number of rotatable bonds is 6. The van der Waals surface area contributed by atoms with E-state index in [4.69, 9.17) is 11.5 Å². The van der Waals surface area contributed by atoms with E-state index in [0.29, 0.717) is 25.1 Å². The first-order valence-corrected chi connectivity index (χ1v) is 5.82. The van der Waals surface area contributed by atoms with Crippen LogP contribution in [-0.2, 0) is 0 Å². The van der Waals surface area contributed by atoms with E-state index in [1.807, 2.05) is 0 Å². The monoisotopic (exact) mass is 269 g/mol. The second-order valence-corrected chi connectivity index (χ2v) is 3.68. The summed E-state index contributed by atoms with van der Waals surface area (Å²) in [6.07, 6.45) is -2.03. The molecular formula is C12H17F2N5. The summed E-state index contributed by atoms with van der Waals surface area (Å²) in [4.78, 5) is 3.89. The highest BCUT2D eigenvalue weighted by atomic mass is 19.3. The van der Waals surface area contributed by atoms with Gasteiger partial charge in [-0.2, -0.15) is 5.10 Å². The highest BCUT2D eigenvalue weighted by Crippen LogP contribution is 2.08. The van der Waals surface area contributed by atoms with Crippen LogP contribution in [0.25, 0.3) is 0 Å². The SMILES string of the molecule is NCCCN=C(N)N/N=C(/c1ccccc1)C(F)F. The highest BCUT2D eigenvalue weighted by molar-refractivity contribution is 6.03. The molecule has 0 aliphatic rings. The Balaban J connectivity index is 2.72. The molecule has 0 bridgehead atoms. The molecule has 0 amide bonds. The number of hydrazone groups is 1. The van der Waals surface area contributed by atoms with Crippen LogP contribution < -0.4 is 16.9 Å². The zero-order chi connectivity index (χ0) is 14.1. The summed E-state index contributed by atoms with van der Waals surface area (Å²) < 4.78 is 25.7. The lowest BCUT2D eigenvalue weighted by Crippen LogP contribution is -2.30. The third kappa shape index (κ3) is 5.43. The minimum Gasteiger partial charge on any atom is -0.369 e. The number of hydrogen-bond acceptors (Lipinski definition) is 3. The molecule has 0 aliphatic heterocycles. The average Bonchev–Trinajstić information content (AvgIpc) is 2.40. The molecule has 1 aromatic rings. The van der Waals surface area contributed by atoms with Crippen molar-refractivity contribution in [3.05, 3.63) is 35.9 Å². The maximum atomic E-state index is 12.9. The summed E-state index contributed by atoms with van der Waals surface area (Å²) in [5.41, 5.74) is 13.1. The van der Waals surface area contributed by atoms with E-state index in [1.54, 1.807) is 30.3 Å². The van der Waals surface area contributed by atoms with Gasteiger partial charge >= 0.3 is 0 Å². The van der Waals surface area contributed by atoms with Crippen molar-refractivity contribution in [1.82, 2.24) is 5.43 Å². The summed E-state index contributed by atoms with van der Waals surface area (Å²) in [6, 6.07) is 8.16. The van der Waals surface area contributed by atoms with Gasteiger partial charge in [0.05, 0.1) is 0 Å². The fourth-order valence-corrected chi connectivity index (χ4v) is 1.29. The molecule has 0 fully saturated rings. The van der Waals surface area contributed by atoms with Crippen molar-refractivity contribution < 1.29 is 8.78 Å². The third-order valence-corrected chi connectivity index (χ3v) is 2.21. The van der Waals surface area contributed by atoms with E-state index >= 15 is 0 Å². The molecule has 1 rings (SSSR count). The number of nitrogens with two attached hydrogens (primary N) is 2. The molecule has 0 aliphatic carbocycles. The lowest BCUT2D eigenvalue weighted by Gasteiger charge is -2.06. The van der Waals surface area contributed by atoms with Gasteiger partial charge in [0.15, 0.2) is 0 Å². The number of aliphatic imine (C=N–C) groups is 1. The van der Waals surface area contributed by atoms with Crippen LogP contribution in [0.4, 0.5) is 8.78 Å². The third-order valence-electron chi connectivity index (χ3n) is 2.21. The first kappa shape index (κ1) is 15.0. The number of nitrogens with one attached hydrogen (secondary N) is 1. The van der Waals surface area contributed by atoms with Gasteiger partial charge < -0.3 is 11.5 Å². The lowest BCUT2D eigenvalue weighted by atomic mass is 10.1. The predicted octanol–water partition coefficient (Wildman–Crippen LogP) is 0.909. The topological polar surface area (TPSA) is 88.8 Å². The molecule has 0 radical (unpaired) electrons. The van der Waals surface area contributed by atoms with Gasteiger partial charge in [0, 0.05) is 12.1 Å². The van der Waals surface area contributed by atoms with Gasteiger partial charge in [0.25, 0.3) is 6.43 Å². The molecule has 0 heterocycles. The maximum Gasteiger partial charge on any atom is 0.282 e. The molecular weight excluding hydrogens is 252 g/mol. The van der Waals surface area contributed by atoms with Crippen LogP contribution in [-0.4, -0.2) is 31.2 Å². The van der Waals surface area contributed by atoms with E-state index in [1.165, 1.54) is 0 Å². The van der Waals surface area contributed by atoms with Gasteiger partial charge in [-0.05, 0) is 13.0 Å². The van der Waals surface area contributed by atoms with E-state index in [0.717, 1.165) is 0 Å². The Morgan fingerprint density at radius 2 is 1.95 bits per heavy atom. The van der Waals surface area contributed by atoms with Crippen LogP contribution >= 0.6 is 0 Å². The Kier molecular flexibility index (Phi) is 6.45. The van der Waals surface area contributed by atoms with Crippen LogP contribution in [0.1, 0.15) is 12.0 Å². The van der Waals surface area contributed by atoms with E-state index in [2.05, 4.69) is 15.5 Å². The summed E-state index contributed by atoms with van der Waals surface area (Å²) in [7, 11) is 0. The van der Waals surface area contributed by atoms with E-state index < -0.39 is 6.43 Å².